The Balaban J connectivity index is 1.92. The second kappa shape index (κ2) is 6.65. The Morgan fingerprint density at radius 3 is 2.20 bits per heavy atom. The van der Waals surface area contributed by atoms with Crippen molar-refractivity contribution < 1.29 is 0 Å². The van der Waals surface area contributed by atoms with Crippen LogP contribution in [0.25, 0.3) is 49.9 Å². The zero-order valence-electron chi connectivity index (χ0n) is 15.8. The molecule has 142 valence electrons. The van der Waals surface area contributed by atoms with Gasteiger partial charge in [0.2, 0.25) is 0 Å². The summed E-state index contributed by atoms with van der Waals surface area (Å²) in [4.78, 5) is 14.4. The summed E-state index contributed by atoms with van der Waals surface area (Å²) in [7, 11) is 0. The van der Waals surface area contributed by atoms with E-state index in [1.807, 2.05) is 54.6 Å². The lowest BCUT2D eigenvalue weighted by Gasteiger charge is -2.12. The van der Waals surface area contributed by atoms with Crippen LogP contribution < -0.4 is 0 Å². The third-order valence-electron chi connectivity index (χ3n) is 5.35. The van der Waals surface area contributed by atoms with E-state index >= 15 is 0 Å². The van der Waals surface area contributed by atoms with E-state index in [0.29, 0.717) is 5.02 Å². The van der Waals surface area contributed by atoms with Crippen molar-refractivity contribution in [1.29, 1.82) is 0 Å². The molecule has 0 N–H and O–H groups in total. The first-order valence-electron chi connectivity index (χ1n) is 9.67. The first-order valence-corrected chi connectivity index (χ1v) is 10.0. The van der Waals surface area contributed by atoms with E-state index in [9.17, 15) is 0 Å². The van der Waals surface area contributed by atoms with Crippen LogP contribution in [0, 0.1) is 0 Å². The SMILES string of the molecule is Clc1ccnc2c3ncccc3c3nc(-c4ccccc4)n(-c4ccccc4)c3c12. The van der Waals surface area contributed by atoms with Crippen LogP contribution in [0.1, 0.15) is 0 Å². The van der Waals surface area contributed by atoms with Crippen LogP contribution in [-0.2, 0) is 0 Å². The van der Waals surface area contributed by atoms with Gasteiger partial charge in [0.05, 0.1) is 21.6 Å². The van der Waals surface area contributed by atoms with E-state index < -0.39 is 0 Å². The number of imidazole rings is 1. The number of benzene rings is 3. The number of para-hydroxylation sites is 1. The predicted molar refractivity (Wildman–Crippen MR) is 122 cm³/mol. The first-order chi connectivity index (χ1) is 14.8. The molecule has 0 saturated carbocycles. The molecule has 6 aromatic rings. The van der Waals surface area contributed by atoms with Crippen molar-refractivity contribution >= 4 is 44.4 Å². The largest absolute Gasteiger partial charge is 0.292 e. The summed E-state index contributed by atoms with van der Waals surface area (Å²) in [6.45, 7) is 0. The van der Waals surface area contributed by atoms with E-state index in [-0.39, 0.29) is 0 Å². The molecule has 5 heteroatoms. The fourth-order valence-corrected chi connectivity index (χ4v) is 4.31. The highest BCUT2D eigenvalue weighted by atomic mass is 35.5. The molecule has 3 heterocycles. The van der Waals surface area contributed by atoms with Gasteiger partial charge in [-0.25, -0.2) is 4.98 Å². The minimum atomic E-state index is 0.634. The van der Waals surface area contributed by atoms with E-state index in [1.165, 1.54) is 0 Å². The van der Waals surface area contributed by atoms with E-state index in [4.69, 9.17) is 16.6 Å². The number of hydrogen-bond acceptors (Lipinski definition) is 3. The number of aromatic nitrogens is 4. The topological polar surface area (TPSA) is 43.6 Å². The fraction of sp³-hybridized carbons (Fsp3) is 0. The van der Waals surface area contributed by atoms with Crippen LogP contribution in [0.5, 0.6) is 0 Å². The smallest absolute Gasteiger partial charge is 0.145 e. The molecule has 3 aromatic heterocycles. The molecule has 6 rings (SSSR count). The van der Waals surface area contributed by atoms with Crippen LogP contribution >= 0.6 is 11.6 Å². The van der Waals surface area contributed by atoms with Gasteiger partial charge in [-0.1, -0.05) is 60.1 Å². The van der Waals surface area contributed by atoms with Crippen LogP contribution in [0.4, 0.5) is 0 Å². The van der Waals surface area contributed by atoms with Gasteiger partial charge in [0.25, 0.3) is 0 Å². The van der Waals surface area contributed by atoms with Crippen molar-refractivity contribution in [3.63, 3.8) is 0 Å². The highest BCUT2D eigenvalue weighted by molar-refractivity contribution is 6.39. The number of pyridine rings is 2. The molecule has 30 heavy (non-hydrogen) atoms. The van der Waals surface area contributed by atoms with Crippen LogP contribution in [0.15, 0.2) is 91.3 Å². The molecule has 0 saturated heterocycles. The average Bonchev–Trinajstić information content (AvgIpc) is 3.21. The zero-order valence-corrected chi connectivity index (χ0v) is 16.6. The van der Waals surface area contributed by atoms with E-state index in [1.54, 1.807) is 12.4 Å². The minimum absolute atomic E-state index is 0.634. The number of halogens is 1. The summed E-state index contributed by atoms with van der Waals surface area (Å²) in [5.74, 6) is 0.856. The quantitative estimate of drug-likeness (QED) is 0.311. The summed E-state index contributed by atoms with van der Waals surface area (Å²) in [5.41, 5.74) is 5.44. The molecule has 0 unspecified atom stereocenters. The van der Waals surface area contributed by atoms with Crippen molar-refractivity contribution in [2.45, 2.75) is 0 Å². The minimum Gasteiger partial charge on any atom is -0.292 e. The molecule has 0 radical (unpaired) electrons. The van der Waals surface area contributed by atoms with Gasteiger partial charge >= 0.3 is 0 Å². The monoisotopic (exact) mass is 406 g/mol. The molecule has 0 atom stereocenters. The van der Waals surface area contributed by atoms with Gasteiger partial charge in [0.1, 0.15) is 11.3 Å². The number of fused-ring (bicyclic) bond motifs is 6. The van der Waals surface area contributed by atoms with Gasteiger partial charge in [0.15, 0.2) is 0 Å². The Hall–Kier alpha value is -3.76. The fourth-order valence-electron chi connectivity index (χ4n) is 4.08. The molecular weight excluding hydrogens is 392 g/mol. The zero-order chi connectivity index (χ0) is 20.1. The molecule has 0 fully saturated rings. The molecule has 3 aromatic carbocycles. The highest BCUT2D eigenvalue weighted by Gasteiger charge is 2.22. The number of rotatable bonds is 2. The summed E-state index contributed by atoms with van der Waals surface area (Å²) < 4.78 is 2.17. The summed E-state index contributed by atoms with van der Waals surface area (Å²) in [6.07, 6.45) is 3.51. The summed E-state index contributed by atoms with van der Waals surface area (Å²) in [5, 5.41) is 2.45. The molecule has 0 bridgehead atoms. The lowest BCUT2D eigenvalue weighted by atomic mass is 10.1. The Labute approximate surface area is 177 Å². The van der Waals surface area contributed by atoms with Crippen LogP contribution in [0.3, 0.4) is 0 Å². The summed E-state index contributed by atoms with van der Waals surface area (Å²) >= 11 is 6.74. The maximum atomic E-state index is 6.74. The van der Waals surface area contributed by atoms with Crippen LogP contribution in [-0.4, -0.2) is 19.5 Å². The first kappa shape index (κ1) is 17.1. The van der Waals surface area contributed by atoms with Crippen molar-refractivity contribution in [1.82, 2.24) is 19.5 Å². The Morgan fingerprint density at radius 1 is 0.667 bits per heavy atom. The van der Waals surface area contributed by atoms with Gasteiger partial charge in [-0.15, -0.1) is 0 Å². The van der Waals surface area contributed by atoms with Gasteiger partial charge in [-0.05, 0) is 30.3 Å². The summed E-state index contributed by atoms with van der Waals surface area (Å²) in [6, 6.07) is 26.2. The third kappa shape index (κ3) is 2.44. The Morgan fingerprint density at radius 2 is 1.40 bits per heavy atom. The maximum Gasteiger partial charge on any atom is 0.145 e. The molecule has 0 aliphatic carbocycles. The van der Waals surface area contributed by atoms with Gasteiger partial charge in [-0.3, -0.25) is 14.5 Å². The van der Waals surface area contributed by atoms with E-state index in [0.717, 1.165) is 49.9 Å². The standard InChI is InChI=1S/C25H15ClN4/c26-19-13-15-28-23-20(19)24-22(18-12-7-14-27-21(18)23)29-25(16-8-3-1-4-9-16)30(24)17-10-5-2-6-11-17/h1-15H. The van der Waals surface area contributed by atoms with Crippen molar-refractivity contribution in [3.8, 4) is 17.1 Å². The second-order valence-corrected chi connectivity index (χ2v) is 7.49. The third-order valence-corrected chi connectivity index (χ3v) is 5.66. The van der Waals surface area contributed by atoms with Crippen molar-refractivity contribution in [2.75, 3.05) is 0 Å². The normalized spacial score (nSPS) is 11.5. The molecular formula is C25H15ClN4. The lowest BCUT2D eigenvalue weighted by Crippen LogP contribution is -1.98. The average molecular weight is 407 g/mol. The highest BCUT2D eigenvalue weighted by Crippen LogP contribution is 2.40. The Bertz CT molecular complexity index is 1540. The number of nitrogens with zero attached hydrogens (tertiary/aromatic N) is 4. The van der Waals surface area contributed by atoms with E-state index in [2.05, 4.69) is 38.8 Å². The maximum absolute atomic E-state index is 6.74. The van der Waals surface area contributed by atoms with Gasteiger partial charge in [-0.2, -0.15) is 0 Å². The van der Waals surface area contributed by atoms with Gasteiger partial charge < -0.3 is 0 Å². The molecule has 0 aliphatic rings. The van der Waals surface area contributed by atoms with Gasteiger partial charge in [0, 0.05) is 34.4 Å². The molecule has 0 amide bonds. The Kier molecular flexibility index (Phi) is 3.79. The molecule has 0 spiro atoms. The van der Waals surface area contributed by atoms with Crippen molar-refractivity contribution in [3.05, 3.63) is 96.3 Å². The molecule has 4 nitrogen and oxygen atoms in total. The lowest BCUT2D eigenvalue weighted by molar-refractivity contribution is 1.11. The predicted octanol–water partition coefficient (Wildman–Crippen LogP) is 6.44. The number of hydrogen-bond donors (Lipinski definition) is 0. The van der Waals surface area contributed by atoms with Crippen molar-refractivity contribution in [2.24, 2.45) is 0 Å². The second-order valence-electron chi connectivity index (χ2n) is 7.09. The molecule has 0 aliphatic heterocycles. The van der Waals surface area contributed by atoms with Crippen LogP contribution in [0.2, 0.25) is 5.02 Å².